The molecule has 6 fully saturated rings. The number of amides is 4. The Morgan fingerprint density at radius 3 is 2.52 bits per heavy atom. The van der Waals surface area contributed by atoms with Crippen LogP contribution in [0.5, 0.6) is 0 Å². The number of halogens is 4. The highest BCUT2D eigenvalue weighted by Gasteiger charge is 2.49. The molecule has 22 heteroatoms. The molecular weight excluding hydrogens is 897 g/mol. The zero-order valence-corrected chi connectivity index (χ0v) is 37.5. The van der Waals surface area contributed by atoms with Crippen molar-refractivity contribution >= 4 is 59.1 Å². The van der Waals surface area contributed by atoms with Crippen LogP contribution in [-0.4, -0.2) is 152 Å². The average Bonchev–Trinajstić information content (AvgIpc) is 4.16. The zero-order chi connectivity index (χ0) is 46.3. The van der Waals surface area contributed by atoms with E-state index in [1.54, 1.807) is 46.2 Å². The van der Waals surface area contributed by atoms with Gasteiger partial charge in [-0.25, -0.2) is 27.1 Å². The fourth-order valence-electron chi connectivity index (χ4n) is 11.6. The topological polar surface area (TPSA) is 166 Å². The summed E-state index contributed by atoms with van der Waals surface area (Å²) in [5.74, 6) is -4.14. The molecule has 2 N–H and O–H groups in total. The van der Waals surface area contributed by atoms with Crippen LogP contribution < -0.4 is 20.4 Å². The predicted molar refractivity (Wildman–Crippen MR) is 239 cm³/mol. The van der Waals surface area contributed by atoms with Crippen molar-refractivity contribution in [3.8, 4) is 0 Å². The lowest BCUT2D eigenvalue weighted by molar-refractivity contribution is -0.137. The van der Waals surface area contributed by atoms with Crippen LogP contribution >= 0.6 is 12.6 Å². The molecule has 9 heterocycles. The second-order valence-electron chi connectivity index (χ2n) is 19.1. The van der Waals surface area contributed by atoms with Gasteiger partial charge < -0.3 is 29.7 Å². The van der Waals surface area contributed by atoms with E-state index in [-0.39, 0.29) is 54.6 Å². The monoisotopic (exact) mass is 948 g/mol. The van der Waals surface area contributed by atoms with E-state index in [0.29, 0.717) is 80.1 Å². The fraction of sp³-hybridized carbons (Fsp3) is 0.578. The van der Waals surface area contributed by atoms with Gasteiger partial charge in [0, 0.05) is 82.1 Å². The molecule has 17 nitrogen and oxygen atoms in total. The van der Waals surface area contributed by atoms with Crippen LogP contribution in [0.1, 0.15) is 101 Å². The zero-order valence-electron chi connectivity index (χ0n) is 36.7. The number of fused-ring (bicyclic) bond motifs is 4. The Hall–Kier alpha value is -5.32. The Kier molecular flexibility index (Phi) is 11.4. The summed E-state index contributed by atoms with van der Waals surface area (Å²) < 4.78 is 69.9. The number of benzene rings is 1. The Labute approximate surface area is 388 Å². The van der Waals surface area contributed by atoms with Gasteiger partial charge in [-0.15, -0.1) is 17.7 Å². The predicted octanol–water partition coefficient (Wildman–Crippen LogP) is 4.55. The molecule has 1 aliphatic carbocycles. The third-order valence-electron chi connectivity index (χ3n) is 15.1. The van der Waals surface area contributed by atoms with Crippen LogP contribution in [0.15, 0.2) is 42.9 Å². The van der Waals surface area contributed by atoms with E-state index >= 15 is 8.78 Å². The highest BCUT2D eigenvalue weighted by atomic mass is 32.1. The molecule has 5 saturated heterocycles. The SMILES string of the molecule is O=C1CC[C@@H](N2C(=O)c3cc(N4CC[C@@H](N5CCN(CC6CCC(n7cc(NC(=O)c8c(N9C[C@H]%10C[C@@H]9CO%10)nn9cccnc89)c(C(F)F)n7)CC6)CC5)C(F)(F)C4)ccc3[C@H]2S)C(=O)N1. The summed E-state index contributed by atoms with van der Waals surface area (Å²) in [5.41, 5.74) is 1.43. The van der Waals surface area contributed by atoms with Gasteiger partial charge in [-0.1, -0.05) is 6.07 Å². The molecular formula is C45H52F4N12O5S. The van der Waals surface area contributed by atoms with E-state index in [9.17, 15) is 28.0 Å². The number of nitrogens with one attached hydrogen (secondary N) is 2. The lowest BCUT2D eigenvalue weighted by atomic mass is 9.85. The van der Waals surface area contributed by atoms with E-state index < -0.39 is 59.8 Å². The third-order valence-corrected chi connectivity index (χ3v) is 15.6. The quantitative estimate of drug-likeness (QED) is 0.116. The van der Waals surface area contributed by atoms with Gasteiger partial charge in [-0.3, -0.25) is 34.1 Å². The molecule has 5 atom stereocenters. The van der Waals surface area contributed by atoms with Crippen LogP contribution in [-0.2, 0) is 14.3 Å². The largest absolute Gasteiger partial charge is 0.374 e. The molecule has 3 aromatic heterocycles. The van der Waals surface area contributed by atoms with Gasteiger partial charge >= 0.3 is 0 Å². The lowest BCUT2D eigenvalue weighted by Crippen LogP contribution is -2.62. The first-order chi connectivity index (χ1) is 32.3. The van der Waals surface area contributed by atoms with Crippen LogP contribution in [0, 0.1) is 5.92 Å². The van der Waals surface area contributed by atoms with E-state index in [0.717, 1.165) is 38.6 Å². The van der Waals surface area contributed by atoms with E-state index in [1.807, 2.05) is 9.80 Å². The molecule has 2 bridgehead atoms. The number of anilines is 3. The van der Waals surface area contributed by atoms with Gasteiger partial charge in [-0.05, 0) is 74.6 Å². The first-order valence-electron chi connectivity index (χ1n) is 23.3. The Morgan fingerprint density at radius 1 is 1.00 bits per heavy atom. The molecule has 0 spiro atoms. The summed E-state index contributed by atoms with van der Waals surface area (Å²) in [4.78, 5) is 65.5. The average molecular weight is 949 g/mol. The van der Waals surface area contributed by atoms with Gasteiger partial charge in [-0.2, -0.15) is 5.10 Å². The van der Waals surface area contributed by atoms with Crippen LogP contribution in [0.2, 0.25) is 0 Å². The summed E-state index contributed by atoms with van der Waals surface area (Å²) in [7, 11) is 0. The molecule has 4 aromatic rings. The van der Waals surface area contributed by atoms with Gasteiger partial charge in [0.25, 0.3) is 24.2 Å². The highest BCUT2D eigenvalue weighted by molar-refractivity contribution is 7.80. The second-order valence-corrected chi connectivity index (χ2v) is 19.6. The number of hydrogen-bond acceptors (Lipinski definition) is 13. The Balaban J connectivity index is 0.672. The molecule has 356 valence electrons. The fourth-order valence-corrected chi connectivity index (χ4v) is 12.1. The van der Waals surface area contributed by atoms with Crippen molar-refractivity contribution in [2.75, 3.05) is 74.1 Å². The number of morpholine rings is 1. The van der Waals surface area contributed by atoms with E-state index in [2.05, 4.69) is 43.3 Å². The molecule has 1 aromatic carbocycles. The Morgan fingerprint density at radius 2 is 1.81 bits per heavy atom. The van der Waals surface area contributed by atoms with Crippen LogP contribution in [0.25, 0.3) is 5.65 Å². The van der Waals surface area contributed by atoms with Crippen molar-refractivity contribution in [2.24, 2.45) is 5.92 Å². The number of rotatable bonds is 10. The second kappa shape index (κ2) is 17.3. The molecule has 7 aliphatic rings. The summed E-state index contributed by atoms with van der Waals surface area (Å²) in [6.07, 6.45) is 6.44. The summed E-state index contributed by atoms with van der Waals surface area (Å²) in [6, 6.07) is 4.96. The minimum absolute atomic E-state index is 0.0458. The third kappa shape index (κ3) is 8.09. The maximum Gasteiger partial charge on any atom is 0.284 e. The standard InChI is InChI=1S/C45H52F4N12O5S/c46-38(47)37-32(51-42(64)36-39-50-11-1-12-59(39)54-40(36)58-21-29-18-28(58)23-66-29)22-60(53-37)26-4-2-25(3-5-26)20-55-14-16-56(17-15-55)34-10-13-57(24-45(34,48)49)27-6-7-30-31(19-27)43(65)61(44(30)67)33-8-9-35(62)52-41(33)63/h1,6-7,11-12,19,22,25-26,28-29,33-34,38,44,67H,2-5,8-10,13-18,20-21,23-24H2,(H,51,64)(H,52,62,63)/t25?,26?,28-,29-,33-,34-,44-/m1/s1. The van der Waals surface area contributed by atoms with E-state index in [4.69, 9.17) is 4.74 Å². The summed E-state index contributed by atoms with van der Waals surface area (Å²) in [5, 5.41) is 13.3. The number of carbonyl (C=O) groups excluding carboxylic acids is 4. The van der Waals surface area contributed by atoms with Gasteiger partial charge in [0.15, 0.2) is 17.2 Å². The number of carbonyl (C=O) groups is 4. The number of thiol groups is 1. The number of ether oxygens (including phenoxy) is 1. The first-order valence-corrected chi connectivity index (χ1v) is 23.8. The van der Waals surface area contributed by atoms with Crippen molar-refractivity contribution in [3.05, 3.63) is 65.2 Å². The first kappa shape index (κ1) is 44.2. The number of imide groups is 1. The van der Waals surface area contributed by atoms with Gasteiger partial charge in [0.1, 0.15) is 17.0 Å². The smallest absolute Gasteiger partial charge is 0.284 e. The normalized spacial score (nSPS) is 29.1. The molecule has 0 unspecified atom stereocenters. The minimum atomic E-state index is -3.01. The molecule has 6 aliphatic heterocycles. The maximum absolute atomic E-state index is 16.0. The van der Waals surface area contributed by atoms with Crippen molar-refractivity contribution in [2.45, 2.75) is 99.4 Å². The lowest BCUT2D eigenvalue weighted by Gasteiger charge is -2.47. The number of aromatic nitrogens is 5. The van der Waals surface area contributed by atoms with E-state index in [1.165, 1.54) is 15.6 Å². The molecule has 1 saturated carbocycles. The summed E-state index contributed by atoms with van der Waals surface area (Å²) >= 11 is 4.62. The van der Waals surface area contributed by atoms with Crippen molar-refractivity contribution in [1.82, 2.24) is 44.4 Å². The number of piperazine rings is 1. The molecule has 11 rings (SSSR count). The number of alkyl halides is 4. The minimum Gasteiger partial charge on any atom is -0.374 e. The number of piperidine rings is 2. The van der Waals surface area contributed by atoms with Crippen LogP contribution in [0.4, 0.5) is 34.8 Å². The number of hydrogen-bond donors (Lipinski definition) is 3. The van der Waals surface area contributed by atoms with Crippen molar-refractivity contribution in [3.63, 3.8) is 0 Å². The van der Waals surface area contributed by atoms with Crippen LogP contribution in [0.3, 0.4) is 0 Å². The Bertz CT molecular complexity index is 2600. The maximum atomic E-state index is 16.0. The number of nitrogens with zero attached hydrogens (tertiary/aromatic N) is 10. The highest BCUT2D eigenvalue weighted by Crippen LogP contribution is 2.43. The van der Waals surface area contributed by atoms with Gasteiger partial charge in [0.2, 0.25) is 11.8 Å². The van der Waals surface area contributed by atoms with Crippen molar-refractivity contribution < 1.29 is 41.5 Å². The summed E-state index contributed by atoms with van der Waals surface area (Å²) in [6.45, 7) is 4.17. The van der Waals surface area contributed by atoms with Gasteiger partial charge in [0.05, 0.1) is 43.1 Å². The molecule has 4 amide bonds. The van der Waals surface area contributed by atoms with Crippen molar-refractivity contribution in [1.29, 1.82) is 0 Å². The molecule has 0 radical (unpaired) electrons. The molecule has 67 heavy (non-hydrogen) atoms.